The maximum atomic E-state index is 12.3. The number of benzene rings is 2. The van der Waals surface area contributed by atoms with Crippen LogP contribution in [0.1, 0.15) is 15.9 Å². The van der Waals surface area contributed by atoms with Gasteiger partial charge in [0.2, 0.25) is 0 Å². The first-order valence-corrected chi connectivity index (χ1v) is 8.07. The van der Waals surface area contributed by atoms with Gasteiger partial charge in [-0.3, -0.25) is 4.79 Å². The van der Waals surface area contributed by atoms with Crippen LogP contribution in [-0.4, -0.2) is 5.78 Å². The van der Waals surface area contributed by atoms with Gasteiger partial charge in [0, 0.05) is 21.8 Å². The molecule has 0 fully saturated rings. The number of hydrogen-bond donors (Lipinski definition) is 0. The van der Waals surface area contributed by atoms with Crippen molar-refractivity contribution in [1.82, 2.24) is 0 Å². The summed E-state index contributed by atoms with van der Waals surface area (Å²) in [5, 5.41) is 0. The average molecular weight is 560 g/mol. The first-order chi connectivity index (χ1) is 8.08. The van der Waals surface area contributed by atoms with E-state index in [9.17, 15) is 4.79 Å². The fraction of sp³-hybridized carbons (Fsp3) is 0. The number of rotatable bonds is 2. The first-order valence-electron chi connectivity index (χ1n) is 4.83. The van der Waals surface area contributed by atoms with Crippen LogP contribution in [0.2, 0.25) is 0 Å². The normalized spacial score (nSPS) is 10.3. The van der Waals surface area contributed by atoms with Gasteiger partial charge in [-0.25, -0.2) is 0 Å². The fourth-order valence-corrected chi connectivity index (χ4v) is 3.64. The molecule has 0 N–H and O–H groups in total. The van der Waals surface area contributed by atoms with Crippen LogP contribution in [-0.2, 0) is 0 Å². The van der Waals surface area contributed by atoms with Gasteiger partial charge in [0.1, 0.15) is 0 Å². The molecule has 4 heteroatoms. The lowest BCUT2D eigenvalue weighted by atomic mass is 10.0. The Labute approximate surface area is 141 Å². The maximum Gasteiger partial charge on any atom is 0.194 e. The second kappa shape index (κ2) is 5.96. The molecule has 0 unspecified atom stereocenters. The van der Waals surface area contributed by atoms with Crippen molar-refractivity contribution < 1.29 is 4.79 Å². The van der Waals surface area contributed by atoms with Gasteiger partial charge in [0.05, 0.1) is 0 Å². The standard InChI is InChI=1S/C13H7I3O/c14-9-3-1-8(2-4-9)13(17)11-6-5-10(15)7-12(11)16/h1-7H. The van der Waals surface area contributed by atoms with Crippen molar-refractivity contribution in [3.8, 4) is 0 Å². The third-order valence-electron chi connectivity index (χ3n) is 2.28. The zero-order valence-electron chi connectivity index (χ0n) is 8.58. The molecule has 0 aromatic heterocycles. The van der Waals surface area contributed by atoms with E-state index in [1.165, 1.54) is 0 Å². The lowest BCUT2D eigenvalue weighted by Crippen LogP contribution is -2.03. The molecule has 0 saturated heterocycles. The Balaban J connectivity index is 2.40. The monoisotopic (exact) mass is 560 g/mol. The molecule has 17 heavy (non-hydrogen) atoms. The highest BCUT2D eigenvalue weighted by Gasteiger charge is 2.12. The Hall–Kier alpha value is 0.300. The predicted octanol–water partition coefficient (Wildman–Crippen LogP) is 4.73. The van der Waals surface area contributed by atoms with Crippen LogP contribution >= 0.6 is 67.8 Å². The molecule has 0 spiro atoms. The van der Waals surface area contributed by atoms with Gasteiger partial charge < -0.3 is 0 Å². The molecule has 2 aromatic carbocycles. The van der Waals surface area contributed by atoms with Crippen molar-refractivity contribution in [2.24, 2.45) is 0 Å². The first kappa shape index (κ1) is 13.7. The SMILES string of the molecule is O=C(c1ccc(I)cc1)c1ccc(I)cc1I. The van der Waals surface area contributed by atoms with Gasteiger partial charge in [0.15, 0.2) is 5.78 Å². The zero-order chi connectivity index (χ0) is 12.4. The lowest BCUT2D eigenvalue weighted by Gasteiger charge is -2.04. The van der Waals surface area contributed by atoms with Crippen molar-refractivity contribution in [1.29, 1.82) is 0 Å². The highest BCUT2D eigenvalue weighted by Crippen LogP contribution is 2.20. The number of halogens is 3. The molecular weight excluding hydrogens is 553 g/mol. The molecule has 0 aliphatic rings. The molecule has 0 amide bonds. The van der Waals surface area contributed by atoms with Gasteiger partial charge in [-0.1, -0.05) is 0 Å². The topological polar surface area (TPSA) is 17.1 Å². The summed E-state index contributed by atoms with van der Waals surface area (Å²) < 4.78 is 3.28. The Morgan fingerprint density at radius 1 is 0.824 bits per heavy atom. The Kier molecular flexibility index (Phi) is 4.81. The molecule has 0 saturated carbocycles. The van der Waals surface area contributed by atoms with Crippen LogP contribution in [0.15, 0.2) is 42.5 Å². The van der Waals surface area contributed by atoms with E-state index in [2.05, 4.69) is 67.8 Å². The highest BCUT2D eigenvalue weighted by atomic mass is 127. The van der Waals surface area contributed by atoms with E-state index in [0.717, 1.165) is 21.8 Å². The molecule has 0 heterocycles. The van der Waals surface area contributed by atoms with Crippen molar-refractivity contribution in [2.75, 3.05) is 0 Å². The van der Waals surface area contributed by atoms with Crippen LogP contribution in [0.5, 0.6) is 0 Å². The minimum Gasteiger partial charge on any atom is -0.289 e. The summed E-state index contributed by atoms with van der Waals surface area (Å²) in [7, 11) is 0. The number of carbonyl (C=O) groups is 1. The van der Waals surface area contributed by atoms with Crippen molar-refractivity contribution in [3.63, 3.8) is 0 Å². The van der Waals surface area contributed by atoms with Gasteiger partial charge in [-0.15, -0.1) is 0 Å². The third-order valence-corrected chi connectivity index (χ3v) is 4.56. The number of carbonyl (C=O) groups excluding carboxylic acids is 1. The maximum absolute atomic E-state index is 12.3. The van der Waals surface area contributed by atoms with Gasteiger partial charge in [0.25, 0.3) is 0 Å². The molecule has 2 rings (SSSR count). The molecule has 2 aromatic rings. The molecule has 0 bridgehead atoms. The largest absolute Gasteiger partial charge is 0.289 e. The van der Waals surface area contributed by atoms with E-state index >= 15 is 0 Å². The fourth-order valence-electron chi connectivity index (χ4n) is 1.43. The molecule has 86 valence electrons. The minimum atomic E-state index is 0.0854. The summed E-state index contributed by atoms with van der Waals surface area (Å²) in [5.41, 5.74) is 1.51. The van der Waals surface area contributed by atoms with E-state index in [-0.39, 0.29) is 5.78 Å². The second-order valence-corrected chi connectivity index (χ2v) is 7.11. The average Bonchev–Trinajstić information content (AvgIpc) is 2.29. The third kappa shape index (κ3) is 3.40. The van der Waals surface area contributed by atoms with E-state index in [1.807, 2.05) is 42.5 Å². The molecule has 0 aliphatic carbocycles. The predicted molar refractivity (Wildman–Crippen MR) is 94.5 cm³/mol. The van der Waals surface area contributed by atoms with E-state index < -0.39 is 0 Å². The van der Waals surface area contributed by atoms with E-state index in [0.29, 0.717) is 0 Å². The summed E-state index contributed by atoms with van der Waals surface area (Å²) in [6.07, 6.45) is 0. The molecule has 0 aliphatic heterocycles. The molecule has 1 nitrogen and oxygen atoms in total. The summed E-state index contributed by atoms with van der Waals surface area (Å²) in [6.45, 7) is 0. The molecule has 0 atom stereocenters. The van der Waals surface area contributed by atoms with Crippen LogP contribution in [0.4, 0.5) is 0 Å². The lowest BCUT2D eigenvalue weighted by molar-refractivity contribution is 0.103. The van der Waals surface area contributed by atoms with Gasteiger partial charge in [-0.05, 0) is 110 Å². The number of ketones is 1. The van der Waals surface area contributed by atoms with Crippen molar-refractivity contribution in [3.05, 3.63) is 64.3 Å². The zero-order valence-corrected chi connectivity index (χ0v) is 15.1. The second-order valence-electron chi connectivity index (χ2n) is 3.46. The van der Waals surface area contributed by atoms with E-state index in [1.54, 1.807) is 0 Å². The van der Waals surface area contributed by atoms with Crippen LogP contribution < -0.4 is 0 Å². The van der Waals surface area contributed by atoms with Crippen LogP contribution in [0.25, 0.3) is 0 Å². The smallest absolute Gasteiger partial charge is 0.194 e. The van der Waals surface area contributed by atoms with Crippen LogP contribution in [0, 0.1) is 10.7 Å². The van der Waals surface area contributed by atoms with Gasteiger partial charge in [-0.2, -0.15) is 0 Å². The van der Waals surface area contributed by atoms with Gasteiger partial charge >= 0.3 is 0 Å². The highest BCUT2D eigenvalue weighted by molar-refractivity contribution is 14.1. The molecular formula is C13H7I3O. The summed E-state index contributed by atoms with van der Waals surface area (Å²) in [4.78, 5) is 12.3. The Morgan fingerprint density at radius 3 is 2.00 bits per heavy atom. The van der Waals surface area contributed by atoms with Crippen molar-refractivity contribution >= 4 is 73.6 Å². The summed E-state index contributed by atoms with van der Waals surface area (Å²) >= 11 is 6.69. The minimum absolute atomic E-state index is 0.0854. The van der Waals surface area contributed by atoms with E-state index in [4.69, 9.17) is 0 Å². The van der Waals surface area contributed by atoms with Crippen LogP contribution in [0.3, 0.4) is 0 Å². The molecule has 0 radical (unpaired) electrons. The summed E-state index contributed by atoms with van der Waals surface area (Å²) in [5.74, 6) is 0.0854. The Bertz CT molecular complexity index is 561. The number of hydrogen-bond acceptors (Lipinski definition) is 1. The van der Waals surface area contributed by atoms with Crippen molar-refractivity contribution in [2.45, 2.75) is 0 Å². The summed E-state index contributed by atoms with van der Waals surface area (Å²) in [6, 6.07) is 13.5. The Morgan fingerprint density at radius 2 is 1.41 bits per heavy atom. The quantitative estimate of drug-likeness (QED) is 0.384.